The second-order valence-corrected chi connectivity index (χ2v) is 6.97. The maximum atomic E-state index is 5.22. The minimum atomic E-state index is 0.135. The van der Waals surface area contributed by atoms with Crippen molar-refractivity contribution in [2.45, 2.75) is 52.3 Å². The topological polar surface area (TPSA) is 51.0 Å². The first-order valence-electron chi connectivity index (χ1n) is 6.51. The average Bonchev–Trinajstić information content (AvgIpc) is 2.63. The number of nitrogens with zero attached hydrogens (tertiary/aromatic N) is 2. The molecule has 5 heteroatoms. The third kappa shape index (κ3) is 7.01. The third-order valence-corrected chi connectivity index (χ3v) is 3.55. The molecule has 0 saturated heterocycles. The van der Waals surface area contributed by atoms with Crippen LogP contribution in [0.15, 0.2) is 4.52 Å². The first kappa shape index (κ1) is 15.5. The van der Waals surface area contributed by atoms with Crippen LogP contribution in [0.2, 0.25) is 0 Å². The molecule has 4 nitrogen and oxygen atoms in total. The van der Waals surface area contributed by atoms with E-state index in [-0.39, 0.29) is 5.54 Å². The molecule has 1 aromatic rings. The lowest BCUT2D eigenvalue weighted by Gasteiger charge is -2.19. The van der Waals surface area contributed by atoms with Gasteiger partial charge in [0.15, 0.2) is 5.82 Å². The fraction of sp³-hybridized carbons (Fsp3) is 0.846. The number of hydrogen-bond acceptors (Lipinski definition) is 5. The first-order valence-corrected chi connectivity index (χ1v) is 7.66. The maximum absolute atomic E-state index is 5.22. The zero-order valence-electron chi connectivity index (χ0n) is 12.1. The van der Waals surface area contributed by atoms with Gasteiger partial charge in [-0.15, -0.1) is 0 Å². The predicted octanol–water partition coefficient (Wildman–Crippen LogP) is 2.89. The highest BCUT2D eigenvalue weighted by Gasteiger charge is 2.10. The van der Waals surface area contributed by atoms with E-state index in [1.54, 1.807) is 0 Å². The number of hydrogen-bond donors (Lipinski definition) is 1. The van der Waals surface area contributed by atoms with Crippen molar-refractivity contribution in [3.05, 3.63) is 11.7 Å². The summed E-state index contributed by atoms with van der Waals surface area (Å²) < 4.78 is 5.22. The van der Waals surface area contributed by atoms with Crippen LogP contribution in [0.4, 0.5) is 0 Å². The Morgan fingerprint density at radius 3 is 2.67 bits per heavy atom. The van der Waals surface area contributed by atoms with Crippen LogP contribution in [0.25, 0.3) is 0 Å². The summed E-state index contributed by atoms with van der Waals surface area (Å²) in [5.41, 5.74) is 0.135. The zero-order chi connectivity index (χ0) is 13.6. The van der Waals surface area contributed by atoms with E-state index in [4.69, 9.17) is 4.52 Å². The Balaban J connectivity index is 2.26. The van der Waals surface area contributed by atoms with E-state index in [1.165, 1.54) is 0 Å². The second-order valence-electron chi connectivity index (χ2n) is 5.94. The zero-order valence-corrected chi connectivity index (χ0v) is 12.9. The van der Waals surface area contributed by atoms with Gasteiger partial charge in [0.2, 0.25) is 5.89 Å². The van der Waals surface area contributed by atoms with Crippen LogP contribution in [-0.2, 0) is 12.2 Å². The van der Waals surface area contributed by atoms with Gasteiger partial charge in [-0.2, -0.15) is 16.7 Å². The van der Waals surface area contributed by atoms with E-state index < -0.39 is 0 Å². The molecule has 1 aromatic heterocycles. The van der Waals surface area contributed by atoms with E-state index in [0.717, 1.165) is 36.2 Å². The number of rotatable bonds is 7. The molecule has 0 unspecified atom stereocenters. The minimum absolute atomic E-state index is 0.135. The number of nitrogens with one attached hydrogen (secondary N) is 1. The lowest BCUT2D eigenvalue weighted by Crippen LogP contribution is -2.37. The summed E-state index contributed by atoms with van der Waals surface area (Å²) >= 11 is 1.86. The smallest absolute Gasteiger partial charge is 0.227 e. The molecule has 0 radical (unpaired) electrons. The van der Waals surface area contributed by atoms with Crippen LogP contribution in [0.3, 0.4) is 0 Å². The molecule has 0 bridgehead atoms. The molecule has 1 heterocycles. The van der Waals surface area contributed by atoms with Gasteiger partial charge in [-0.3, -0.25) is 0 Å². The molecule has 0 aliphatic rings. The lowest BCUT2D eigenvalue weighted by molar-refractivity contribution is 0.359. The Morgan fingerprint density at radius 1 is 1.33 bits per heavy atom. The summed E-state index contributed by atoms with van der Waals surface area (Å²) in [7, 11) is 0. The predicted molar refractivity (Wildman–Crippen MR) is 76.8 cm³/mol. The highest BCUT2D eigenvalue weighted by Crippen LogP contribution is 2.13. The van der Waals surface area contributed by atoms with Gasteiger partial charge in [0.1, 0.15) is 0 Å². The average molecular weight is 271 g/mol. The quantitative estimate of drug-likeness (QED) is 0.826. The van der Waals surface area contributed by atoms with Crippen molar-refractivity contribution in [2.75, 3.05) is 12.3 Å². The first-order chi connectivity index (χ1) is 8.37. The highest BCUT2D eigenvalue weighted by molar-refractivity contribution is 7.98. The Labute approximate surface area is 114 Å². The molecule has 0 aromatic carbocycles. The van der Waals surface area contributed by atoms with E-state index in [2.05, 4.69) is 50.1 Å². The van der Waals surface area contributed by atoms with Crippen molar-refractivity contribution < 1.29 is 4.52 Å². The summed E-state index contributed by atoms with van der Waals surface area (Å²) in [5, 5.41) is 7.40. The SMILES string of the molecule is CC(C)CSCc1noc(CCNC(C)(C)C)n1. The van der Waals surface area contributed by atoms with Gasteiger partial charge in [-0.1, -0.05) is 19.0 Å². The third-order valence-electron chi connectivity index (χ3n) is 2.19. The fourth-order valence-corrected chi connectivity index (χ4v) is 2.27. The van der Waals surface area contributed by atoms with E-state index in [9.17, 15) is 0 Å². The molecule has 1 N–H and O–H groups in total. The van der Waals surface area contributed by atoms with Crippen LogP contribution in [-0.4, -0.2) is 28.0 Å². The van der Waals surface area contributed by atoms with Crippen molar-refractivity contribution in [2.24, 2.45) is 5.92 Å². The van der Waals surface area contributed by atoms with Gasteiger partial charge in [0.25, 0.3) is 0 Å². The van der Waals surface area contributed by atoms with Crippen molar-refractivity contribution >= 4 is 11.8 Å². The number of thioether (sulfide) groups is 1. The van der Waals surface area contributed by atoms with Crippen LogP contribution in [0.5, 0.6) is 0 Å². The largest absolute Gasteiger partial charge is 0.339 e. The molecule has 0 atom stereocenters. The molecule has 104 valence electrons. The molecular weight excluding hydrogens is 246 g/mol. The molecule has 0 fully saturated rings. The molecule has 0 amide bonds. The summed E-state index contributed by atoms with van der Waals surface area (Å²) in [5.74, 6) is 4.22. The molecule has 0 aliphatic heterocycles. The van der Waals surface area contributed by atoms with Gasteiger partial charge >= 0.3 is 0 Å². The van der Waals surface area contributed by atoms with E-state index >= 15 is 0 Å². The number of aromatic nitrogens is 2. The lowest BCUT2D eigenvalue weighted by atomic mass is 10.1. The summed E-state index contributed by atoms with van der Waals surface area (Å²) in [6.07, 6.45) is 0.791. The minimum Gasteiger partial charge on any atom is -0.339 e. The molecule has 0 aliphatic carbocycles. The normalized spacial score (nSPS) is 12.3. The van der Waals surface area contributed by atoms with Crippen LogP contribution < -0.4 is 5.32 Å². The monoisotopic (exact) mass is 271 g/mol. The molecule has 0 saturated carbocycles. The molecular formula is C13H25N3OS. The Kier molecular flexibility index (Phi) is 6.15. The summed E-state index contributed by atoms with van der Waals surface area (Å²) in [4.78, 5) is 4.39. The van der Waals surface area contributed by atoms with Gasteiger partial charge in [0, 0.05) is 18.5 Å². The Hall–Kier alpha value is -0.550. The van der Waals surface area contributed by atoms with Gasteiger partial charge in [-0.25, -0.2) is 0 Å². The highest BCUT2D eigenvalue weighted by atomic mass is 32.2. The van der Waals surface area contributed by atoms with Gasteiger partial charge in [0.05, 0.1) is 5.75 Å². The van der Waals surface area contributed by atoms with Gasteiger partial charge in [-0.05, 0) is 32.4 Å². The fourth-order valence-electron chi connectivity index (χ4n) is 1.38. The molecule has 18 heavy (non-hydrogen) atoms. The summed E-state index contributed by atoms with van der Waals surface area (Å²) in [6, 6.07) is 0. The van der Waals surface area contributed by atoms with Crippen molar-refractivity contribution in [1.82, 2.24) is 15.5 Å². The summed E-state index contributed by atoms with van der Waals surface area (Å²) in [6.45, 7) is 11.7. The Bertz CT molecular complexity index is 344. The van der Waals surface area contributed by atoms with Crippen LogP contribution in [0, 0.1) is 5.92 Å². The van der Waals surface area contributed by atoms with Crippen molar-refractivity contribution in [3.8, 4) is 0 Å². The van der Waals surface area contributed by atoms with E-state index in [1.807, 2.05) is 11.8 Å². The van der Waals surface area contributed by atoms with E-state index in [0.29, 0.717) is 5.92 Å². The van der Waals surface area contributed by atoms with Crippen LogP contribution in [0.1, 0.15) is 46.3 Å². The van der Waals surface area contributed by atoms with Crippen molar-refractivity contribution in [3.63, 3.8) is 0 Å². The maximum Gasteiger partial charge on any atom is 0.227 e. The molecule has 0 spiro atoms. The van der Waals surface area contributed by atoms with Crippen molar-refractivity contribution in [1.29, 1.82) is 0 Å². The molecule has 1 rings (SSSR count). The van der Waals surface area contributed by atoms with Crippen LogP contribution >= 0.6 is 11.8 Å². The Morgan fingerprint density at radius 2 is 2.06 bits per heavy atom. The van der Waals surface area contributed by atoms with Gasteiger partial charge < -0.3 is 9.84 Å². The standard InChI is InChI=1S/C13H25N3OS/c1-10(2)8-18-9-11-15-12(17-16-11)6-7-14-13(3,4)5/h10,14H,6-9H2,1-5H3. The second kappa shape index (κ2) is 7.14.